The van der Waals surface area contributed by atoms with Crippen LogP contribution in [0.3, 0.4) is 0 Å². The number of halogens is 2. The Labute approximate surface area is 132 Å². The molecule has 0 bridgehead atoms. The van der Waals surface area contributed by atoms with Gasteiger partial charge >= 0.3 is 6.61 Å². The van der Waals surface area contributed by atoms with E-state index in [1.165, 1.54) is 18.2 Å². The van der Waals surface area contributed by atoms with Gasteiger partial charge in [-0.3, -0.25) is 14.5 Å². The van der Waals surface area contributed by atoms with E-state index >= 15 is 0 Å². The van der Waals surface area contributed by atoms with E-state index in [9.17, 15) is 18.4 Å². The topological polar surface area (TPSA) is 75.9 Å². The van der Waals surface area contributed by atoms with Crippen LogP contribution in [0, 0.1) is 0 Å². The van der Waals surface area contributed by atoms with Gasteiger partial charge in [-0.15, -0.1) is 0 Å². The number of amides is 2. The molecule has 126 valence electrons. The summed E-state index contributed by atoms with van der Waals surface area (Å²) in [4.78, 5) is 27.1. The Bertz CT molecular complexity index is 575. The highest BCUT2D eigenvalue weighted by molar-refractivity contribution is 5.94. The number of primary amides is 1. The Balaban J connectivity index is 1.98. The molecule has 1 aliphatic rings. The molecule has 0 radical (unpaired) electrons. The number of hydrogen-bond donors (Lipinski definition) is 1. The fraction of sp³-hybridized carbons (Fsp3) is 0.467. The second kappa shape index (κ2) is 7.36. The number of carbonyl (C=O) groups is 2. The molecule has 1 atom stereocenters. The molecule has 6 nitrogen and oxygen atoms in total. The zero-order chi connectivity index (χ0) is 17.0. The van der Waals surface area contributed by atoms with Crippen LogP contribution in [-0.2, 0) is 4.79 Å². The number of ether oxygens (including phenoxy) is 1. The van der Waals surface area contributed by atoms with Crippen molar-refractivity contribution in [2.45, 2.75) is 19.6 Å². The average Bonchev–Trinajstić information content (AvgIpc) is 2.53. The second-order valence-electron chi connectivity index (χ2n) is 5.31. The van der Waals surface area contributed by atoms with Gasteiger partial charge in [0.2, 0.25) is 5.91 Å². The largest absolute Gasteiger partial charge is 0.435 e. The van der Waals surface area contributed by atoms with Crippen molar-refractivity contribution in [1.29, 1.82) is 0 Å². The Morgan fingerprint density at radius 2 is 1.87 bits per heavy atom. The van der Waals surface area contributed by atoms with Crippen molar-refractivity contribution in [1.82, 2.24) is 9.80 Å². The normalized spacial score (nSPS) is 17.1. The van der Waals surface area contributed by atoms with Crippen LogP contribution in [0.4, 0.5) is 8.78 Å². The molecular formula is C15H19F2N3O3. The lowest BCUT2D eigenvalue weighted by Crippen LogP contribution is -2.54. The molecular weight excluding hydrogens is 308 g/mol. The summed E-state index contributed by atoms with van der Waals surface area (Å²) in [6.45, 7) is 0.739. The predicted molar refractivity (Wildman–Crippen MR) is 79.2 cm³/mol. The predicted octanol–water partition coefficient (Wildman–Crippen LogP) is 0.920. The van der Waals surface area contributed by atoms with Gasteiger partial charge in [0.25, 0.3) is 5.91 Å². The van der Waals surface area contributed by atoms with Gasteiger partial charge in [-0.25, -0.2) is 0 Å². The molecule has 1 aromatic carbocycles. The van der Waals surface area contributed by atoms with Crippen LogP contribution < -0.4 is 10.5 Å². The van der Waals surface area contributed by atoms with E-state index in [4.69, 9.17) is 5.73 Å². The van der Waals surface area contributed by atoms with Crippen LogP contribution in [0.5, 0.6) is 5.75 Å². The fourth-order valence-corrected chi connectivity index (χ4v) is 2.48. The maximum absolute atomic E-state index is 12.4. The van der Waals surface area contributed by atoms with E-state index < -0.39 is 12.5 Å². The van der Waals surface area contributed by atoms with Crippen molar-refractivity contribution in [3.05, 3.63) is 29.8 Å². The van der Waals surface area contributed by atoms with Gasteiger partial charge in [-0.2, -0.15) is 8.78 Å². The maximum Gasteiger partial charge on any atom is 0.387 e. The van der Waals surface area contributed by atoms with Gasteiger partial charge in [0.15, 0.2) is 0 Å². The van der Waals surface area contributed by atoms with E-state index in [1.54, 1.807) is 17.9 Å². The highest BCUT2D eigenvalue weighted by Gasteiger charge is 2.27. The number of alkyl halides is 2. The molecule has 0 aromatic heterocycles. The first-order valence-electron chi connectivity index (χ1n) is 7.26. The summed E-state index contributed by atoms with van der Waals surface area (Å²) >= 11 is 0. The molecule has 0 spiro atoms. The Kier molecular flexibility index (Phi) is 5.49. The molecule has 23 heavy (non-hydrogen) atoms. The molecule has 2 amide bonds. The van der Waals surface area contributed by atoms with Crippen LogP contribution >= 0.6 is 0 Å². The Hall–Kier alpha value is -2.22. The molecule has 1 saturated heterocycles. The first-order valence-corrected chi connectivity index (χ1v) is 7.26. The summed E-state index contributed by atoms with van der Waals surface area (Å²) in [5, 5.41) is 0. The number of carbonyl (C=O) groups excluding carboxylic acids is 2. The molecule has 1 fully saturated rings. The number of nitrogens with zero attached hydrogens (tertiary/aromatic N) is 2. The summed E-state index contributed by atoms with van der Waals surface area (Å²) in [7, 11) is 0. The summed E-state index contributed by atoms with van der Waals surface area (Å²) in [5.74, 6) is -0.704. The standard InChI is InChI=1S/C15H19F2N3O3/c1-10(13(18)21)19-5-7-20(8-6-19)14(22)11-3-2-4-12(9-11)23-15(16)17/h2-4,9-10,15H,5-8H2,1H3,(H2,18,21). The molecule has 1 heterocycles. The van der Waals surface area contributed by atoms with E-state index in [0.717, 1.165) is 0 Å². The van der Waals surface area contributed by atoms with E-state index in [2.05, 4.69) is 4.74 Å². The van der Waals surface area contributed by atoms with Gasteiger partial charge in [0, 0.05) is 31.7 Å². The first kappa shape index (κ1) is 17.1. The Morgan fingerprint density at radius 3 is 2.43 bits per heavy atom. The highest BCUT2D eigenvalue weighted by atomic mass is 19.3. The van der Waals surface area contributed by atoms with Crippen molar-refractivity contribution >= 4 is 11.8 Å². The SMILES string of the molecule is CC(C(N)=O)N1CCN(C(=O)c2cccc(OC(F)F)c2)CC1. The molecule has 0 aliphatic carbocycles. The van der Waals surface area contributed by atoms with Gasteiger partial charge in [-0.05, 0) is 25.1 Å². The number of rotatable bonds is 5. The first-order chi connectivity index (χ1) is 10.9. The lowest BCUT2D eigenvalue weighted by Gasteiger charge is -2.37. The van der Waals surface area contributed by atoms with Gasteiger partial charge in [-0.1, -0.05) is 6.07 Å². The monoisotopic (exact) mass is 327 g/mol. The quantitative estimate of drug-likeness (QED) is 0.872. The molecule has 1 unspecified atom stereocenters. The second-order valence-corrected chi connectivity index (χ2v) is 5.31. The molecule has 8 heteroatoms. The van der Waals surface area contributed by atoms with Gasteiger partial charge in [0.1, 0.15) is 5.75 Å². The third kappa shape index (κ3) is 4.38. The molecule has 2 rings (SSSR count). The van der Waals surface area contributed by atoms with Crippen molar-refractivity contribution in [3.63, 3.8) is 0 Å². The van der Waals surface area contributed by atoms with Crippen LogP contribution in [0.1, 0.15) is 17.3 Å². The van der Waals surface area contributed by atoms with Gasteiger partial charge in [0.05, 0.1) is 6.04 Å². The third-order valence-corrected chi connectivity index (χ3v) is 3.87. The van der Waals surface area contributed by atoms with Crippen molar-refractivity contribution in [3.8, 4) is 5.75 Å². The van der Waals surface area contributed by atoms with Crippen molar-refractivity contribution < 1.29 is 23.1 Å². The molecule has 2 N–H and O–H groups in total. The number of hydrogen-bond acceptors (Lipinski definition) is 4. The summed E-state index contributed by atoms with van der Waals surface area (Å²) < 4.78 is 28.8. The zero-order valence-electron chi connectivity index (χ0n) is 12.7. The highest BCUT2D eigenvalue weighted by Crippen LogP contribution is 2.18. The smallest absolute Gasteiger partial charge is 0.387 e. The van der Waals surface area contributed by atoms with E-state index in [0.29, 0.717) is 31.7 Å². The van der Waals surface area contributed by atoms with Crippen LogP contribution in [0.15, 0.2) is 24.3 Å². The lowest BCUT2D eigenvalue weighted by molar-refractivity contribution is -0.123. The lowest BCUT2D eigenvalue weighted by atomic mass is 10.1. The minimum Gasteiger partial charge on any atom is -0.435 e. The van der Waals surface area contributed by atoms with E-state index in [1.807, 2.05) is 4.90 Å². The molecule has 0 saturated carbocycles. The minimum atomic E-state index is -2.93. The van der Waals surface area contributed by atoms with Crippen LogP contribution in [0.2, 0.25) is 0 Å². The summed E-state index contributed by atoms with van der Waals surface area (Å²) in [6.07, 6.45) is 0. The van der Waals surface area contributed by atoms with Crippen LogP contribution in [0.25, 0.3) is 0 Å². The number of piperazine rings is 1. The van der Waals surface area contributed by atoms with Crippen molar-refractivity contribution in [2.75, 3.05) is 26.2 Å². The number of nitrogens with two attached hydrogens (primary N) is 1. The van der Waals surface area contributed by atoms with E-state index in [-0.39, 0.29) is 17.7 Å². The zero-order valence-corrected chi connectivity index (χ0v) is 12.7. The summed E-state index contributed by atoms with van der Waals surface area (Å²) in [5.41, 5.74) is 5.56. The Morgan fingerprint density at radius 1 is 1.22 bits per heavy atom. The maximum atomic E-state index is 12.4. The number of benzene rings is 1. The molecule has 1 aromatic rings. The third-order valence-electron chi connectivity index (χ3n) is 3.87. The fourth-order valence-electron chi connectivity index (χ4n) is 2.48. The van der Waals surface area contributed by atoms with Crippen LogP contribution in [-0.4, -0.2) is 60.4 Å². The summed E-state index contributed by atoms with van der Waals surface area (Å²) in [6, 6.07) is 5.34. The molecule has 1 aliphatic heterocycles. The minimum absolute atomic E-state index is 0.0492. The average molecular weight is 327 g/mol. The van der Waals surface area contributed by atoms with Gasteiger partial charge < -0.3 is 15.4 Å². The van der Waals surface area contributed by atoms with Crippen molar-refractivity contribution in [2.24, 2.45) is 5.73 Å².